The zero-order chi connectivity index (χ0) is 12.6. The summed E-state index contributed by atoms with van der Waals surface area (Å²) in [5.41, 5.74) is -1.26. The van der Waals surface area contributed by atoms with Crippen LogP contribution in [-0.2, 0) is 11.2 Å². The number of ether oxygens (including phenoxy) is 2. The molecule has 17 heavy (non-hydrogen) atoms. The van der Waals surface area contributed by atoms with Crippen LogP contribution in [0.3, 0.4) is 0 Å². The van der Waals surface area contributed by atoms with Crippen molar-refractivity contribution in [1.29, 1.82) is 0 Å². The SMILES string of the molecule is CC(O)(Cc1cc(Cl)c2c(c1)OCO2)C(=O)O. The third kappa shape index (κ3) is 2.30. The van der Waals surface area contributed by atoms with Crippen molar-refractivity contribution in [2.45, 2.75) is 18.9 Å². The van der Waals surface area contributed by atoms with E-state index in [1.54, 1.807) is 12.1 Å². The Hall–Kier alpha value is -1.46. The van der Waals surface area contributed by atoms with Crippen molar-refractivity contribution >= 4 is 17.6 Å². The molecule has 0 saturated heterocycles. The second kappa shape index (κ2) is 4.09. The second-order valence-corrected chi connectivity index (χ2v) is 4.47. The number of carboxylic acids is 1. The first-order valence-corrected chi connectivity index (χ1v) is 5.32. The number of hydrogen-bond donors (Lipinski definition) is 2. The van der Waals surface area contributed by atoms with Gasteiger partial charge in [-0.1, -0.05) is 11.6 Å². The fourth-order valence-corrected chi connectivity index (χ4v) is 1.88. The van der Waals surface area contributed by atoms with Gasteiger partial charge >= 0.3 is 5.97 Å². The summed E-state index contributed by atoms with van der Waals surface area (Å²) in [6, 6.07) is 3.18. The standard InChI is InChI=1S/C11H11ClO5/c1-11(15,10(13)14)4-6-2-7(12)9-8(3-6)16-5-17-9/h2-3,15H,4-5H2,1H3,(H,13,14). The number of rotatable bonds is 3. The first-order valence-electron chi connectivity index (χ1n) is 4.94. The van der Waals surface area contributed by atoms with E-state index in [0.717, 1.165) is 0 Å². The maximum absolute atomic E-state index is 10.8. The Bertz CT molecular complexity index is 469. The van der Waals surface area contributed by atoms with Crippen LogP contribution in [0.5, 0.6) is 11.5 Å². The van der Waals surface area contributed by atoms with Crippen LogP contribution in [0.4, 0.5) is 0 Å². The summed E-state index contributed by atoms with van der Waals surface area (Å²) in [4.78, 5) is 10.8. The van der Waals surface area contributed by atoms with Gasteiger partial charge in [-0.3, -0.25) is 0 Å². The van der Waals surface area contributed by atoms with E-state index in [4.69, 9.17) is 26.2 Å². The van der Waals surface area contributed by atoms with Crippen LogP contribution >= 0.6 is 11.6 Å². The van der Waals surface area contributed by atoms with Gasteiger partial charge in [-0.05, 0) is 24.6 Å². The predicted octanol–water partition coefficient (Wildman–Crippen LogP) is 1.45. The van der Waals surface area contributed by atoms with Crippen LogP contribution in [0.25, 0.3) is 0 Å². The first-order chi connectivity index (χ1) is 7.90. The zero-order valence-corrected chi connectivity index (χ0v) is 9.82. The lowest BCUT2D eigenvalue weighted by molar-refractivity contribution is -0.156. The Morgan fingerprint density at radius 1 is 1.53 bits per heavy atom. The number of halogens is 1. The van der Waals surface area contributed by atoms with Crippen molar-refractivity contribution in [1.82, 2.24) is 0 Å². The second-order valence-electron chi connectivity index (χ2n) is 4.07. The number of aliphatic hydroxyl groups is 1. The molecule has 0 aliphatic carbocycles. The lowest BCUT2D eigenvalue weighted by Gasteiger charge is -2.18. The molecule has 0 amide bonds. The summed E-state index contributed by atoms with van der Waals surface area (Å²) in [6.07, 6.45) is -0.0569. The molecule has 1 aromatic rings. The monoisotopic (exact) mass is 258 g/mol. The third-order valence-corrected chi connectivity index (χ3v) is 2.78. The first kappa shape index (κ1) is 12.0. The molecule has 1 aliphatic heterocycles. The van der Waals surface area contributed by atoms with Crippen molar-refractivity contribution in [2.75, 3.05) is 6.79 Å². The lowest BCUT2D eigenvalue weighted by atomic mass is 9.96. The average molecular weight is 259 g/mol. The van der Waals surface area contributed by atoms with E-state index in [-0.39, 0.29) is 13.2 Å². The minimum atomic E-state index is -1.84. The number of benzene rings is 1. The highest BCUT2D eigenvalue weighted by Crippen LogP contribution is 2.40. The van der Waals surface area contributed by atoms with E-state index in [1.165, 1.54) is 6.92 Å². The molecule has 1 aromatic carbocycles. The van der Waals surface area contributed by atoms with Crippen LogP contribution < -0.4 is 9.47 Å². The van der Waals surface area contributed by atoms with Gasteiger partial charge in [0.05, 0.1) is 5.02 Å². The van der Waals surface area contributed by atoms with E-state index in [1.807, 2.05) is 0 Å². The van der Waals surface area contributed by atoms with Gasteiger partial charge in [0, 0.05) is 6.42 Å². The molecule has 1 aliphatic rings. The predicted molar refractivity (Wildman–Crippen MR) is 59.5 cm³/mol. The Kier molecular flexibility index (Phi) is 2.89. The molecule has 2 N–H and O–H groups in total. The highest BCUT2D eigenvalue weighted by molar-refractivity contribution is 6.32. The van der Waals surface area contributed by atoms with Crippen molar-refractivity contribution in [3.63, 3.8) is 0 Å². The minimum absolute atomic E-state index is 0.0569. The quantitative estimate of drug-likeness (QED) is 0.858. The van der Waals surface area contributed by atoms with Gasteiger partial charge in [-0.2, -0.15) is 0 Å². The molecule has 1 atom stereocenters. The summed E-state index contributed by atoms with van der Waals surface area (Å²) in [5.74, 6) is -0.370. The Balaban J connectivity index is 2.29. The smallest absolute Gasteiger partial charge is 0.335 e. The van der Waals surface area contributed by atoms with Gasteiger partial charge in [0.1, 0.15) is 0 Å². The summed E-state index contributed by atoms with van der Waals surface area (Å²) in [7, 11) is 0. The molecular formula is C11H11ClO5. The van der Waals surface area contributed by atoms with Gasteiger partial charge < -0.3 is 19.7 Å². The molecule has 2 rings (SSSR count). The van der Waals surface area contributed by atoms with Crippen LogP contribution in [0.15, 0.2) is 12.1 Å². The van der Waals surface area contributed by atoms with Crippen molar-refractivity contribution in [3.8, 4) is 11.5 Å². The molecule has 6 heteroatoms. The largest absolute Gasteiger partial charge is 0.479 e. The molecular weight excluding hydrogens is 248 g/mol. The molecule has 1 unspecified atom stereocenters. The van der Waals surface area contributed by atoms with Crippen LogP contribution in [0.1, 0.15) is 12.5 Å². The van der Waals surface area contributed by atoms with Gasteiger partial charge in [0.2, 0.25) is 6.79 Å². The maximum atomic E-state index is 10.8. The Morgan fingerprint density at radius 3 is 2.88 bits per heavy atom. The summed E-state index contributed by atoms with van der Waals surface area (Å²) >= 11 is 5.95. The fourth-order valence-electron chi connectivity index (χ4n) is 1.60. The number of aliphatic carboxylic acids is 1. The van der Waals surface area contributed by atoms with E-state index >= 15 is 0 Å². The van der Waals surface area contributed by atoms with Gasteiger partial charge in [-0.25, -0.2) is 4.79 Å². The van der Waals surface area contributed by atoms with Gasteiger partial charge in [-0.15, -0.1) is 0 Å². The van der Waals surface area contributed by atoms with Gasteiger partial charge in [0.15, 0.2) is 17.1 Å². The molecule has 1 heterocycles. The maximum Gasteiger partial charge on any atom is 0.335 e. The van der Waals surface area contributed by atoms with E-state index < -0.39 is 11.6 Å². The van der Waals surface area contributed by atoms with Crippen LogP contribution in [0.2, 0.25) is 5.02 Å². The highest BCUT2D eigenvalue weighted by atomic mass is 35.5. The van der Waals surface area contributed by atoms with E-state index in [2.05, 4.69) is 0 Å². The minimum Gasteiger partial charge on any atom is -0.479 e. The number of carboxylic acid groups (broad SMARTS) is 1. The molecule has 5 nitrogen and oxygen atoms in total. The van der Waals surface area contributed by atoms with Crippen LogP contribution in [-0.4, -0.2) is 28.6 Å². The summed E-state index contributed by atoms with van der Waals surface area (Å²) in [6.45, 7) is 1.32. The van der Waals surface area contributed by atoms with Crippen molar-refractivity contribution in [3.05, 3.63) is 22.7 Å². The number of carbonyl (C=O) groups is 1. The average Bonchev–Trinajstić information content (AvgIpc) is 2.64. The fraction of sp³-hybridized carbons (Fsp3) is 0.364. The van der Waals surface area contributed by atoms with Crippen molar-refractivity contribution < 1.29 is 24.5 Å². The lowest BCUT2D eigenvalue weighted by Crippen LogP contribution is -2.37. The van der Waals surface area contributed by atoms with E-state index in [0.29, 0.717) is 22.1 Å². The molecule has 0 aromatic heterocycles. The van der Waals surface area contributed by atoms with Crippen molar-refractivity contribution in [2.24, 2.45) is 0 Å². The molecule has 92 valence electrons. The van der Waals surface area contributed by atoms with E-state index in [9.17, 15) is 9.90 Å². The Morgan fingerprint density at radius 2 is 2.24 bits per heavy atom. The normalized spacial score (nSPS) is 16.6. The topological polar surface area (TPSA) is 76.0 Å². The number of fused-ring (bicyclic) bond motifs is 1. The molecule has 0 bridgehead atoms. The Labute approximate surface area is 103 Å². The molecule has 0 fully saturated rings. The summed E-state index contributed by atoms with van der Waals surface area (Å²) in [5, 5.41) is 18.8. The molecule has 0 saturated carbocycles. The highest BCUT2D eigenvalue weighted by Gasteiger charge is 2.31. The summed E-state index contributed by atoms with van der Waals surface area (Å²) < 4.78 is 10.3. The van der Waals surface area contributed by atoms with Gasteiger partial charge in [0.25, 0.3) is 0 Å². The zero-order valence-electron chi connectivity index (χ0n) is 9.07. The molecule has 0 spiro atoms. The third-order valence-electron chi connectivity index (χ3n) is 2.50. The molecule has 0 radical (unpaired) electrons. The number of hydrogen-bond acceptors (Lipinski definition) is 4. The van der Waals surface area contributed by atoms with Crippen LogP contribution in [0, 0.1) is 0 Å².